The minimum atomic E-state index is -0.375. The zero-order valence-corrected chi connectivity index (χ0v) is 13.3. The lowest BCUT2D eigenvalue weighted by molar-refractivity contribution is 0.308. The topological polar surface area (TPSA) is 44.2 Å². The number of fused-ring (bicyclic) bond motifs is 1. The Labute approximate surface area is 133 Å². The van der Waals surface area contributed by atoms with Crippen LogP contribution in [-0.4, -0.2) is 17.1 Å². The SMILES string of the molecule is COc1ccc(COc2cc(F)cc3nc(C)nc(C)c23)cc1. The van der Waals surface area contributed by atoms with Gasteiger partial charge >= 0.3 is 0 Å². The van der Waals surface area contributed by atoms with Crippen molar-refractivity contribution >= 4 is 10.9 Å². The van der Waals surface area contributed by atoms with Crippen molar-refractivity contribution in [1.82, 2.24) is 9.97 Å². The maximum absolute atomic E-state index is 13.8. The van der Waals surface area contributed by atoms with Gasteiger partial charge in [-0.25, -0.2) is 14.4 Å². The van der Waals surface area contributed by atoms with Crippen LogP contribution >= 0.6 is 0 Å². The van der Waals surface area contributed by atoms with Crippen LogP contribution in [-0.2, 0) is 6.61 Å². The lowest BCUT2D eigenvalue weighted by Gasteiger charge is -2.12. The summed E-state index contributed by atoms with van der Waals surface area (Å²) in [6.07, 6.45) is 0. The summed E-state index contributed by atoms with van der Waals surface area (Å²) in [6.45, 7) is 3.99. The summed E-state index contributed by atoms with van der Waals surface area (Å²) in [6, 6.07) is 10.3. The number of aryl methyl sites for hydroxylation is 2. The van der Waals surface area contributed by atoms with Crippen LogP contribution in [0.2, 0.25) is 0 Å². The Balaban J connectivity index is 1.92. The molecule has 2 aromatic carbocycles. The van der Waals surface area contributed by atoms with Gasteiger partial charge in [0, 0.05) is 12.1 Å². The van der Waals surface area contributed by atoms with Crippen LogP contribution in [0.4, 0.5) is 4.39 Å². The molecule has 0 bridgehead atoms. The highest BCUT2D eigenvalue weighted by Gasteiger charge is 2.11. The third kappa shape index (κ3) is 3.23. The van der Waals surface area contributed by atoms with E-state index in [0.717, 1.165) is 22.4 Å². The van der Waals surface area contributed by atoms with E-state index in [0.29, 0.717) is 23.7 Å². The number of nitrogens with zero attached hydrogens (tertiary/aromatic N) is 2. The zero-order valence-electron chi connectivity index (χ0n) is 13.3. The summed E-state index contributed by atoms with van der Waals surface area (Å²) in [7, 11) is 1.62. The fourth-order valence-corrected chi connectivity index (χ4v) is 2.51. The molecule has 1 heterocycles. The maximum Gasteiger partial charge on any atom is 0.133 e. The van der Waals surface area contributed by atoms with Crippen LogP contribution in [0, 0.1) is 19.7 Å². The smallest absolute Gasteiger partial charge is 0.133 e. The number of ether oxygens (including phenoxy) is 2. The highest BCUT2D eigenvalue weighted by atomic mass is 19.1. The molecule has 3 aromatic rings. The molecule has 23 heavy (non-hydrogen) atoms. The summed E-state index contributed by atoms with van der Waals surface area (Å²) < 4.78 is 24.8. The molecule has 3 rings (SSSR count). The minimum absolute atomic E-state index is 0.329. The van der Waals surface area contributed by atoms with E-state index < -0.39 is 0 Å². The lowest BCUT2D eigenvalue weighted by Crippen LogP contribution is -2.00. The lowest BCUT2D eigenvalue weighted by atomic mass is 10.1. The molecule has 0 radical (unpaired) electrons. The molecule has 0 aliphatic rings. The zero-order chi connectivity index (χ0) is 16.4. The molecular weight excluding hydrogens is 295 g/mol. The third-order valence-electron chi connectivity index (χ3n) is 3.57. The van der Waals surface area contributed by atoms with Crippen molar-refractivity contribution in [1.29, 1.82) is 0 Å². The van der Waals surface area contributed by atoms with Crippen molar-refractivity contribution in [2.24, 2.45) is 0 Å². The van der Waals surface area contributed by atoms with Gasteiger partial charge in [-0.1, -0.05) is 12.1 Å². The molecule has 5 heteroatoms. The van der Waals surface area contributed by atoms with Crippen LogP contribution < -0.4 is 9.47 Å². The van der Waals surface area contributed by atoms with Crippen molar-refractivity contribution in [2.45, 2.75) is 20.5 Å². The fraction of sp³-hybridized carbons (Fsp3) is 0.222. The number of benzene rings is 2. The second-order valence-corrected chi connectivity index (χ2v) is 5.29. The first kappa shape index (κ1) is 15.2. The van der Waals surface area contributed by atoms with Crippen LogP contribution in [0.1, 0.15) is 17.1 Å². The highest BCUT2D eigenvalue weighted by molar-refractivity contribution is 5.87. The van der Waals surface area contributed by atoms with Crippen LogP contribution in [0.3, 0.4) is 0 Å². The van der Waals surface area contributed by atoms with Gasteiger partial charge in [0.05, 0.1) is 23.7 Å². The second-order valence-electron chi connectivity index (χ2n) is 5.29. The summed E-state index contributed by atoms with van der Waals surface area (Å²) in [4.78, 5) is 8.63. The third-order valence-corrected chi connectivity index (χ3v) is 3.57. The Morgan fingerprint density at radius 2 is 1.78 bits per heavy atom. The quantitative estimate of drug-likeness (QED) is 0.731. The molecule has 0 saturated heterocycles. The van der Waals surface area contributed by atoms with E-state index >= 15 is 0 Å². The summed E-state index contributed by atoms with van der Waals surface area (Å²) in [5.74, 6) is 1.47. The number of hydrogen-bond donors (Lipinski definition) is 0. The Kier molecular flexibility index (Phi) is 4.10. The second kappa shape index (κ2) is 6.20. The molecule has 1 aromatic heterocycles. The van der Waals surface area contributed by atoms with Gasteiger partial charge in [-0.15, -0.1) is 0 Å². The van der Waals surface area contributed by atoms with E-state index in [-0.39, 0.29) is 5.82 Å². The molecule has 0 spiro atoms. The number of aromatic nitrogens is 2. The summed E-state index contributed by atoms with van der Waals surface area (Å²) >= 11 is 0. The normalized spacial score (nSPS) is 10.8. The molecule has 0 unspecified atom stereocenters. The largest absolute Gasteiger partial charge is 0.497 e. The van der Waals surface area contributed by atoms with Crippen LogP contribution in [0.5, 0.6) is 11.5 Å². The summed E-state index contributed by atoms with van der Waals surface area (Å²) in [5, 5.41) is 0.741. The van der Waals surface area contributed by atoms with E-state index in [2.05, 4.69) is 9.97 Å². The van der Waals surface area contributed by atoms with E-state index in [1.165, 1.54) is 12.1 Å². The van der Waals surface area contributed by atoms with Gasteiger partial charge in [0.25, 0.3) is 0 Å². The molecule has 0 aliphatic heterocycles. The first-order chi connectivity index (χ1) is 11.1. The van der Waals surface area contributed by atoms with Crippen LogP contribution in [0.25, 0.3) is 10.9 Å². The maximum atomic E-state index is 13.8. The molecule has 0 amide bonds. The predicted molar refractivity (Wildman–Crippen MR) is 86.3 cm³/mol. The van der Waals surface area contributed by atoms with Crippen molar-refractivity contribution < 1.29 is 13.9 Å². The van der Waals surface area contributed by atoms with Crippen molar-refractivity contribution in [3.8, 4) is 11.5 Å². The van der Waals surface area contributed by atoms with Crippen molar-refractivity contribution in [2.75, 3.05) is 7.11 Å². The molecule has 0 N–H and O–H groups in total. The van der Waals surface area contributed by atoms with Gasteiger partial charge in [0.15, 0.2) is 0 Å². The number of halogens is 1. The van der Waals surface area contributed by atoms with Gasteiger partial charge in [-0.3, -0.25) is 0 Å². The fourth-order valence-electron chi connectivity index (χ4n) is 2.51. The molecule has 118 valence electrons. The highest BCUT2D eigenvalue weighted by Crippen LogP contribution is 2.29. The standard InChI is InChI=1S/C18H17FN2O2/c1-11-18-16(21-12(2)20-11)8-14(19)9-17(18)23-10-13-4-6-15(22-3)7-5-13/h4-9H,10H2,1-3H3. The van der Waals surface area contributed by atoms with Crippen LogP contribution in [0.15, 0.2) is 36.4 Å². The number of rotatable bonds is 4. The van der Waals surface area contributed by atoms with Crippen molar-refractivity contribution in [3.05, 3.63) is 59.3 Å². The van der Waals surface area contributed by atoms with Gasteiger partial charge in [-0.2, -0.15) is 0 Å². The molecule has 4 nitrogen and oxygen atoms in total. The van der Waals surface area contributed by atoms with Gasteiger partial charge in [0.1, 0.15) is 29.7 Å². The Morgan fingerprint density at radius 1 is 1.04 bits per heavy atom. The number of methoxy groups -OCH3 is 1. The molecule has 0 aliphatic carbocycles. The van der Waals surface area contributed by atoms with Gasteiger partial charge in [-0.05, 0) is 31.5 Å². The van der Waals surface area contributed by atoms with E-state index in [1.54, 1.807) is 14.0 Å². The van der Waals surface area contributed by atoms with Gasteiger partial charge < -0.3 is 9.47 Å². The van der Waals surface area contributed by atoms with E-state index in [9.17, 15) is 4.39 Å². The minimum Gasteiger partial charge on any atom is -0.497 e. The summed E-state index contributed by atoms with van der Waals surface area (Å²) in [5.41, 5.74) is 2.30. The number of hydrogen-bond acceptors (Lipinski definition) is 4. The van der Waals surface area contributed by atoms with Gasteiger partial charge in [0.2, 0.25) is 0 Å². The molecule has 0 fully saturated rings. The van der Waals surface area contributed by atoms with E-state index in [1.807, 2.05) is 31.2 Å². The predicted octanol–water partition coefficient (Wildman–Crippen LogP) is 3.97. The Bertz CT molecular complexity index is 843. The first-order valence-corrected chi connectivity index (χ1v) is 7.27. The average molecular weight is 312 g/mol. The Hall–Kier alpha value is -2.69. The monoisotopic (exact) mass is 312 g/mol. The average Bonchev–Trinajstić information content (AvgIpc) is 2.52. The Morgan fingerprint density at radius 3 is 2.48 bits per heavy atom. The van der Waals surface area contributed by atoms with Crippen molar-refractivity contribution in [3.63, 3.8) is 0 Å². The molecule has 0 saturated carbocycles. The first-order valence-electron chi connectivity index (χ1n) is 7.27. The molecular formula is C18H17FN2O2. The molecule has 0 atom stereocenters. The van der Waals surface area contributed by atoms with E-state index in [4.69, 9.17) is 9.47 Å².